The Balaban J connectivity index is 1.40. The molecule has 0 amide bonds. The molecule has 7 heteroatoms. The number of benzene rings is 1. The van der Waals surface area contributed by atoms with E-state index in [2.05, 4.69) is 9.80 Å². The third-order valence-corrected chi connectivity index (χ3v) is 6.43. The van der Waals surface area contributed by atoms with Crippen LogP contribution >= 0.6 is 23.2 Å². The first-order valence-electron chi connectivity index (χ1n) is 9.76. The van der Waals surface area contributed by atoms with E-state index in [0.717, 1.165) is 51.7 Å². The molecular formula is C20H28Cl2FN3O. The van der Waals surface area contributed by atoms with Gasteiger partial charge in [0, 0.05) is 26.2 Å². The molecule has 0 bridgehead atoms. The van der Waals surface area contributed by atoms with E-state index in [4.69, 9.17) is 23.2 Å². The summed E-state index contributed by atoms with van der Waals surface area (Å²) in [4.78, 5) is 18.0. The van der Waals surface area contributed by atoms with Gasteiger partial charge in [-0.2, -0.15) is 0 Å². The Kier molecular flexibility index (Phi) is 7.37. The number of carbonyl (C=O) groups excluding carboxylic acids is 1. The normalized spacial score (nSPS) is 20.2. The second kappa shape index (κ2) is 9.55. The van der Waals surface area contributed by atoms with Gasteiger partial charge in [-0.15, -0.1) is 0 Å². The third kappa shape index (κ3) is 5.80. The molecule has 3 rings (SSSR count). The fourth-order valence-corrected chi connectivity index (χ4v) is 4.39. The highest BCUT2D eigenvalue weighted by molar-refractivity contribution is 6.42. The van der Waals surface area contributed by atoms with Crippen LogP contribution in [0.2, 0.25) is 10.0 Å². The van der Waals surface area contributed by atoms with Gasteiger partial charge in [0.15, 0.2) is 0 Å². The van der Waals surface area contributed by atoms with E-state index in [-0.39, 0.29) is 16.6 Å². The number of carbonyl (C=O) groups is 1. The lowest BCUT2D eigenvalue weighted by Crippen LogP contribution is -2.47. The fourth-order valence-electron chi connectivity index (χ4n) is 4.08. The van der Waals surface area contributed by atoms with Crippen LogP contribution in [-0.2, 0) is 4.79 Å². The molecule has 0 radical (unpaired) electrons. The van der Waals surface area contributed by atoms with Crippen LogP contribution in [0, 0.1) is 11.7 Å². The predicted molar refractivity (Wildman–Crippen MR) is 110 cm³/mol. The zero-order valence-electron chi connectivity index (χ0n) is 15.9. The molecule has 0 N–H and O–H groups in total. The number of rotatable bonds is 6. The van der Waals surface area contributed by atoms with Crippen LogP contribution in [0.4, 0.5) is 10.1 Å². The summed E-state index contributed by atoms with van der Waals surface area (Å²) < 4.78 is 14.2. The Morgan fingerprint density at radius 3 is 2.30 bits per heavy atom. The number of ketones is 1. The van der Waals surface area contributed by atoms with Gasteiger partial charge >= 0.3 is 0 Å². The van der Waals surface area contributed by atoms with Crippen molar-refractivity contribution in [1.82, 2.24) is 9.80 Å². The van der Waals surface area contributed by atoms with Gasteiger partial charge in [-0.3, -0.25) is 14.6 Å². The minimum Gasteiger partial charge on any atom is -0.367 e. The SMILES string of the molecule is CC(=O)CN1CCC(CCN2CCN(c3cc(Cl)c(Cl)cc3F)CC2)CC1. The van der Waals surface area contributed by atoms with Gasteiger partial charge in [-0.25, -0.2) is 4.39 Å². The summed E-state index contributed by atoms with van der Waals surface area (Å²) in [7, 11) is 0. The first kappa shape index (κ1) is 20.8. The Morgan fingerprint density at radius 2 is 1.67 bits per heavy atom. The molecule has 0 spiro atoms. The molecule has 2 aliphatic heterocycles. The zero-order chi connectivity index (χ0) is 19.4. The molecule has 150 valence electrons. The van der Waals surface area contributed by atoms with Gasteiger partial charge in [0.25, 0.3) is 0 Å². The van der Waals surface area contributed by atoms with Crippen molar-refractivity contribution in [3.8, 4) is 0 Å². The van der Waals surface area contributed by atoms with Crippen LogP contribution in [0.15, 0.2) is 12.1 Å². The molecule has 27 heavy (non-hydrogen) atoms. The summed E-state index contributed by atoms with van der Waals surface area (Å²) in [6.07, 6.45) is 3.57. The van der Waals surface area contributed by atoms with E-state index in [1.165, 1.54) is 25.3 Å². The Morgan fingerprint density at radius 1 is 1.04 bits per heavy atom. The number of halogens is 3. The molecule has 2 fully saturated rings. The van der Waals surface area contributed by atoms with Gasteiger partial charge in [0.2, 0.25) is 0 Å². The summed E-state index contributed by atoms with van der Waals surface area (Å²) in [5.74, 6) is 0.693. The fraction of sp³-hybridized carbons (Fsp3) is 0.650. The Hall–Kier alpha value is -0.880. The van der Waals surface area contributed by atoms with Crippen molar-refractivity contribution in [3.63, 3.8) is 0 Å². The summed E-state index contributed by atoms with van der Waals surface area (Å²) in [5, 5.41) is 0.650. The average Bonchev–Trinajstić information content (AvgIpc) is 2.64. The van der Waals surface area contributed by atoms with Crippen molar-refractivity contribution in [2.24, 2.45) is 5.92 Å². The largest absolute Gasteiger partial charge is 0.367 e. The maximum Gasteiger partial charge on any atom is 0.148 e. The number of anilines is 1. The number of piperazine rings is 1. The number of piperidine rings is 1. The molecule has 0 aliphatic carbocycles. The van der Waals surface area contributed by atoms with E-state index in [0.29, 0.717) is 17.3 Å². The van der Waals surface area contributed by atoms with Crippen LogP contribution in [0.25, 0.3) is 0 Å². The van der Waals surface area contributed by atoms with E-state index in [1.54, 1.807) is 13.0 Å². The van der Waals surface area contributed by atoms with E-state index < -0.39 is 0 Å². The number of Topliss-reactive ketones (excluding diaryl/α,β-unsaturated/α-hetero) is 1. The molecule has 2 heterocycles. The minimum absolute atomic E-state index is 0.254. The van der Waals surface area contributed by atoms with Gasteiger partial charge in [-0.05, 0) is 63.9 Å². The number of hydrogen-bond donors (Lipinski definition) is 0. The quantitative estimate of drug-likeness (QED) is 0.657. The van der Waals surface area contributed by atoms with Crippen LogP contribution in [0.5, 0.6) is 0 Å². The standard InChI is InChI=1S/C20H28Cl2FN3O/c1-15(27)14-25-6-3-16(4-7-25)2-5-24-8-10-26(11-9-24)20-13-18(22)17(21)12-19(20)23/h12-13,16H,2-11,14H2,1H3. The number of nitrogens with zero attached hydrogens (tertiary/aromatic N) is 3. The van der Waals surface area contributed by atoms with Gasteiger partial charge in [0.1, 0.15) is 11.6 Å². The van der Waals surface area contributed by atoms with Gasteiger partial charge in [0.05, 0.1) is 22.3 Å². The number of likely N-dealkylation sites (tertiary alicyclic amines) is 1. The van der Waals surface area contributed by atoms with Crippen LogP contribution in [-0.4, -0.2) is 67.9 Å². The highest BCUT2D eigenvalue weighted by atomic mass is 35.5. The topological polar surface area (TPSA) is 26.8 Å². The van der Waals surface area contributed by atoms with Gasteiger partial charge < -0.3 is 4.90 Å². The zero-order valence-corrected chi connectivity index (χ0v) is 17.4. The van der Waals surface area contributed by atoms with Crippen LogP contribution in [0.3, 0.4) is 0 Å². The highest BCUT2D eigenvalue weighted by Crippen LogP contribution is 2.31. The number of hydrogen-bond acceptors (Lipinski definition) is 4. The molecule has 0 unspecified atom stereocenters. The maximum absolute atomic E-state index is 14.2. The highest BCUT2D eigenvalue weighted by Gasteiger charge is 2.23. The van der Waals surface area contributed by atoms with Gasteiger partial charge in [-0.1, -0.05) is 23.2 Å². The summed E-state index contributed by atoms with van der Waals surface area (Å²) in [6.45, 7) is 8.89. The summed E-state index contributed by atoms with van der Waals surface area (Å²) in [6, 6.07) is 2.92. The van der Waals surface area contributed by atoms with Crippen molar-refractivity contribution in [2.45, 2.75) is 26.2 Å². The van der Waals surface area contributed by atoms with E-state index in [9.17, 15) is 9.18 Å². The van der Waals surface area contributed by atoms with E-state index >= 15 is 0 Å². The van der Waals surface area contributed by atoms with Crippen molar-refractivity contribution < 1.29 is 9.18 Å². The Labute approximate surface area is 171 Å². The van der Waals surface area contributed by atoms with Crippen molar-refractivity contribution >= 4 is 34.7 Å². The molecule has 0 aromatic heterocycles. The molecule has 1 aromatic rings. The van der Waals surface area contributed by atoms with Crippen molar-refractivity contribution in [3.05, 3.63) is 28.0 Å². The van der Waals surface area contributed by atoms with Crippen LogP contribution < -0.4 is 4.90 Å². The van der Waals surface area contributed by atoms with E-state index in [1.807, 2.05) is 4.90 Å². The molecule has 1 aromatic carbocycles. The maximum atomic E-state index is 14.2. The summed E-state index contributed by atoms with van der Waals surface area (Å²) >= 11 is 11.9. The molecule has 2 saturated heterocycles. The van der Waals surface area contributed by atoms with Crippen molar-refractivity contribution in [1.29, 1.82) is 0 Å². The van der Waals surface area contributed by atoms with Crippen LogP contribution in [0.1, 0.15) is 26.2 Å². The molecular weight excluding hydrogens is 388 g/mol. The first-order chi connectivity index (χ1) is 12.9. The molecule has 4 nitrogen and oxygen atoms in total. The summed E-state index contributed by atoms with van der Waals surface area (Å²) in [5.41, 5.74) is 0.543. The average molecular weight is 416 g/mol. The minimum atomic E-state index is -0.310. The molecule has 0 atom stereocenters. The second-order valence-electron chi connectivity index (χ2n) is 7.76. The lowest BCUT2D eigenvalue weighted by molar-refractivity contribution is -0.118. The molecule has 2 aliphatic rings. The lowest BCUT2D eigenvalue weighted by Gasteiger charge is -2.37. The second-order valence-corrected chi connectivity index (χ2v) is 8.57. The lowest BCUT2D eigenvalue weighted by atomic mass is 9.93. The molecule has 0 saturated carbocycles. The smallest absolute Gasteiger partial charge is 0.148 e. The predicted octanol–water partition coefficient (Wildman–Crippen LogP) is 3.95. The third-order valence-electron chi connectivity index (χ3n) is 5.71. The first-order valence-corrected chi connectivity index (χ1v) is 10.5. The van der Waals surface area contributed by atoms with Crippen molar-refractivity contribution in [2.75, 3.05) is 57.3 Å². The monoisotopic (exact) mass is 415 g/mol. The Bertz CT molecular complexity index is 657.